The van der Waals surface area contributed by atoms with Gasteiger partial charge in [0, 0.05) is 40.8 Å². The number of thioether (sulfide) groups is 1. The first kappa shape index (κ1) is 14.0. The molecule has 0 radical (unpaired) electrons. The molecule has 2 rings (SSSR count). The summed E-state index contributed by atoms with van der Waals surface area (Å²) in [5.41, 5.74) is 2.42. The molecule has 100 valence electrons. The second-order valence-corrected chi connectivity index (χ2v) is 6.39. The highest BCUT2D eigenvalue weighted by Crippen LogP contribution is 2.30. The number of halogens is 1. The molecule has 1 N–H and O–H groups in total. The fourth-order valence-corrected chi connectivity index (χ4v) is 3.66. The Balaban J connectivity index is 2.22. The summed E-state index contributed by atoms with van der Waals surface area (Å²) in [6.07, 6.45) is 0. The predicted octanol–water partition coefficient (Wildman–Crippen LogP) is 3.56. The number of nitrogens with zero attached hydrogens (tertiary/aromatic N) is 1. The van der Waals surface area contributed by atoms with Crippen molar-refractivity contribution in [3.8, 4) is 0 Å². The molecule has 2 atom stereocenters. The van der Waals surface area contributed by atoms with Gasteiger partial charge in [-0.05, 0) is 38.6 Å². The molecular weight excluding hydrogens is 264 g/mol. The molecular formula is C14H21ClN2S. The number of hydrogen-bond acceptors (Lipinski definition) is 3. The summed E-state index contributed by atoms with van der Waals surface area (Å²) < 4.78 is 0. The molecule has 1 aliphatic rings. The van der Waals surface area contributed by atoms with Crippen molar-refractivity contribution in [1.29, 1.82) is 0 Å². The number of nitrogens with one attached hydrogen (secondary N) is 1. The summed E-state index contributed by atoms with van der Waals surface area (Å²) in [7, 11) is 1.96. The predicted molar refractivity (Wildman–Crippen MR) is 83.1 cm³/mol. The lowest BCUT2D eigenvalue weighted by Crippen LogP contribution is -2.40. The van der Waals surface area contributed by atoms with Crippen LogP contribution in [0.2, 0.25) is 5.02 Å². The van der Waals surface area contributed by atoms with E-state index in [1.54, 1.807) is 0 Å². The first-order valence-electron chi connectivity index (χ1n) is 6.44. The van der Waals surface area contributed by atoms with Gasteiger partial charge in [0.05, 0.1) is 0 Å². The summed E-state index contributed by atoms with van der Waals surface area (Å²) in [4.78, 5) is 2.45. The number of hydrogen-bond donors (Lipinski definition) is 1. The van der Waals surface area contributed by atoms with Crippen LogP contribution >= 0.6 is 23.4 Å². The van der Waals surface area contributed by atoms with Crippen molar-refractivity contribution < 1.29 is 0 Å². The third kappa shape index (κ3) is 2.95. The van der Waals surface area contributed by atoms with Gasteiger partial charge in [-0.3, -0.25) is 0 Å². The normalized spacial score (nSPS) is 22.0. The molecule has 1 aliphatic heterocycles. The highest BCUT2D eigenvalue weighted by atomic mass is 35.5. The zero-order chi connectivity index (χ0) is 13.1. The highest BCUT2D eigenvalue weighted by molar-refractivity contribution is 7.99. The lowest BCUT2D eigenvalue weighted by atomic mass is 10.1. The van der Waals surface area contributed by atoms with Crippen LogP contribution in [0, 0.1) is 0 Å². The number of anilines is 1. The van der Waals surface area contributed by atoms with E-state index in [0.717, 1.165) is 11.6 Å². The third-order valence-electron chi connectivity index (χ3n) is 3.58. The van der Waals surface area contributed by atoms with E-state index in [1.807, 2.05) is 18.8 Å². The first-order valence-corrected chi connectivity index (χ1v) is 7.98. The van der Waals surface area contributed by atoms with Crippen LogP contribution in [0.3, 0.4) is 0 Å². The van der Waals surface area contributed by atoms with E-state index in [4.69, 9.17) is 11.6 Å². The summed E-state index contributed by atoms with van der Waals surface area (Å²) >= 11 is 8.43. The van der Waals surface area contributed by atoms with E-state index < -0.39 is 0 Å². The van der Waals surface area contributed by atoms with E-state index in [0.29, 0.717) is 12.1 Å². The van der Waals surface area contributed by atoms with E-state index in [1.165, 1.54) is 22.8 Å². The monoisotopic (exact) mass is 284 g/mol. The average Bonchev–Trinajstić information content (AvgIpc) is 2.38. The molecule has 0 aliphatic carbocycles. The summed E-state index contributed by atoms with van der Waals surface area (Å²) in [5, 5.41) is 4.09. The van der Waals surface area contributed by atoms with Gasteiger partial charge in [-0.15, -0.1) is 0 Å². The average molecular weight is 285 g/mol. The topological polar surface area (TPSA) is 15.3 Å². The van der Waals surface area contributed by atoms with Gasteiger partial charge >= 0.3 is 0 Å². The Hall–Kier alpha value is -0.380. The summed E-state index contributed by atoms with van der Waals surface area (Å²) in [6.45, 7) is 5.52. The van der Waals surface area contributed by atoms with Crippen LogP contribution in [0.25, 0.3) is 0 Å². The standard InChI is InChI=1S/C14H21ClN2S/c1-10-9-18-7-6-17(10)12-4-5-13(11(2)16-3)14(15)8-12/h4-5,8,10-11,16H,6-7,9H2,1-3H3. The third-order valence-corrected chi connectivity index (χ3v) is 5.10. The van der Waals surface area contributed by atoms with Crippen LogP contribution in [0.5, 0.6) is 0 Å². The Bertz CT molecular complexity index is 411. The Morgan fingerprint density at radius 3 is 2.89 bits per heavy atom. The van der Waals surface area contributed by atoms with Crippen LogP contribution in [-0.2, 0) is 0 Å². The van der Waals surface area contributed by atoms with Crippen LogP contribution in [0.4, 0.5) is 5.69 Å². The van der Waals surface area contributed by atoms with Crippen molar-refractivity contribution in [1.82, 2.24) is 5.32 Å². The molecule has 0 bridgehead atoms. The van der Waals surface area contributed by atoms with Gasteiger partial charge in [-0.25, -0.2) is 0 Å². The second kappa shape index (κ2) is 6.18. The fourth-order valence-electron chi connectivity index (χ4n) is 2.31. The second-order valence-electron chi connectivity index (χ2n) is 4.83. The SMILES string of the molecule is CNC(C)c1ccc(N2CCSCC2C)cc1Cl. The van der Waals surface area contributed by atoms with Crippen LogP contribution < -0.4 is 10.2 Å². The van der Waals surface area contributed by atoms with E-state index in [9.17, 15) is 0 Å². The lowest BCUT2D eigenvalue weighted by molar-refractivity contribution is 0.651. The largest absolute Gasteiger partial charge is 0.367 e. The molecule has 1 heterocycles. The lowest BCUT2D eigenvalue weighted by Gasteiger charge is -2.35. The van der Waals surface area contributed by atoms with Crippen molar-refractivity contribution >= 4 is 29.1 Å². The minimum absolute atomic E-state index is 0.292. The Kier molecular flexibility index (Phi) is 4.82. The summed E-state index contributed by atoms with van der Waals surface area (Å²) in [6, 6.07) is 7.33. The maximum Gasteiger partial charge on any atom is 0.0474 e. The maximum atomic E-state index is 6.40. The Morgan fingerprint density at radius 1 is 1.50 bits per heavy atom. The molecule has 1 fully saturated rings. The summed E-state index contributed by atoms with van der Waals surface area (Å²) in [5.74, 6) is 2.41. The molecule has 1 saturated heterocycles. The van der Waals surface area contributed by atoms with Crippen LogP contribution in [0.15, 0.2) is 18.2 Å². The maximum absolute atomic E-state index is 6.40. The fraction of sp³-hybridized carbons (Fsp3) is 0.571. The van der Waals surface area contributed by atoms with Gasteiger partial charge in [0.15, 0.2) is 0 Å². The van der Waals surface area contributed by atoms with E-state index >= 15 is 0 Å². The van der Waals surface area contributed by atoms with Crippen LogP contribution in [0.1, 0.15) is 25.5 Å². The molecule has 2 nitrogen and oxygen atoms in total. The first-order chi connectivity index (χ1) is 8.63. The molecule has 1 aromatic carbocycles. The van der Waals surface area contributed by atoms with Gasteiger partial charge in [0.1, 0.15) is 0 Å². The van der Waals surface area contributed by atoms with Crippen molar-refractivity contribution in [2.75, 3.05) is 30.0 Å². The number of benzene rings is 1. The zero-order valence-electron chi connectivity index (χ0n) is 11.2. The molecule has 0 spiro atoms. The molecule has 4 heteroatoms. The molecule has 0 aromatic heterocycles. The molecule has 2 unspecified atom stereocenters. The highest BCUT2D eigenvalue weighted by Gasteiger charge is 2.20. The molecule has 18 heavy (non-hydrogen) atoms. The smallest absolute Gasteiger partial charge is 0.0474 e. The van der Waals surface area contributed by atoms with Crippen molar-refractivity contribution in [2.45, 2.75) is 25.9 Å². The van der Waals surface area contributed by atoms with Gasteiger partial charge in [-0.2, -0.15) is 11.8 Å². The van der Waals surface area contributed by atoms with Crippen LogP contribution in [-0.4, -0.2) is 31.1 Å². The Labute approximate surface area is 119 Å². The molecule has 1 aromatic rings. The van der Waals surface area contributed by atoms with Gasteiger partial charge in [-0.1, -0.05) is 17.7 Å². The number of rotatable bonds is 3. The minimum Gasteiger partial charge on any atom is -0.367 e. The van der Waals surface area contributed by atoms with E-state index in [-0.39, 0.29) is 0 Å². The Morgan fingerprint density at radius 2 is 2.28 bits per heavy atom. The van der Waals surface area contributed by atoms with Crippen molar-refractivity contribution in [3.63, 3.8) is 0 Å². The molecule has 0 saturated carbocycles. The van der Waals surface area contributed by atoms with Gasteiger partial charge in [0.2, 0.25) is 0 Å². The van der Waals surface area contributed by atoms with Crippen molar-refractivity contribution in [3.05, 3.63) is 28.8 Å². The van der Waals surface area contributed by atoms with Gasteiger partial charge in [0.25, 0.3) is 0 Å². The molecule has 0 amide bonds. The zero-order valence-corrected chi connectivity index (χ0v) is 12.8. The van der Waals surface area contributed by atoms with E-state index in [2.05, 4.69) is 42.3 Å². The van der Waals surface area contributed by atoms with Gasteiger partial charge < -0.3 is 10.2 Å². The van der Waals surface area contributed by atoms with Crippen molar-refractivity contribution in [2.24, 2.45) is 0 Å². The minimum atomic E-state index is 0.292. The quantitative estimate of drug-likeness (QED) is 0.914.